The van der Waals surface area contributed by atoms with E-state index in [1.54, 1.807) is 12.1 Å². The number of halogens is 1. The van der Waals surface area contributed by atoms with Gasteiger partial charge in [0.25, 0.3) is 0 Å². The van der Waals surface area contributed by atoms with Gasteiger partial charge in [0.15, 0.2) is 0 Å². The second kappa shape index (κ2) is 6.65. The SMILES string of the molecule is CC(N[S+]([O-])C(C)(C)C)[C@H]1CC[C@@H](c2cccc(F)c2)N1. The van der Waals surface area contributed by atoms with E-state index in [9.17, 15) is 8.94 Å². The third-order valence-electron chi connectivity index (χ3n) is 3.89. The number of hydrogen-bond acceptors (Lipinski definition) is 3. The first kappa shape index (κ1) is 16.7. The minimum atomic E-state index is -1.07. The first-order valence-corrected chi connectivity index (χ1v) is 8.62. The smallest absolute Gasteiger partial charge is 0.136 e. The Morgan fingerprint density at radius 1 is 1.38 bits per heavy atom. The zero-order chi connectivity index (χ0) is 15.6. The summed E-state index contributed by atoms with van der Waals surface area (Å²) in [6.07, 6.45) is 1.97. The average molecular weight is 312 g/mol. The molecule has 118 valence electrons. The predicted octanol–water partition coefficient (Wildman–Crippen LogP) is 3.06. The van der Waals surface area contributed by atoms with E-state index in [-0.39, 0.29) is 28.7 Å². The second-order valence-electron chi connectivity index (χ2n) is 6.75. The maximum absolute atomic E-state index is 13.3. The van der Waals surface area contributed by atoms with Crippen LogP contribution < -0.4 is 10.0 Å². The summed E-state index contributed by atoms with van der Waals surface area (Å²) < 4.78 is 28.4. The Kier molecular flexibility index (Phi) is 5.30. The van der Waals surface area contributed by atoms with Crippen LogP contribution in [0.3, 0.4) is 0 Å². The fourth-order valence-electron chi connectivity index (χ4n) is 2.58. The Morgan fingerprint density at radius 3 is 2.71 bits per heavy atom. The zero-order valence-electron chi connectivity index (χ0n) is 13.2. The lowest BCUT2D eigenvalue weighted by Gasteiger charge is -2.29. The van der Waals surface area contributed by atoms with Gasteiger partial charge in [0.05, 0.1) is 6.04 Å². The summed E-state index contributed by atoms with van der Waals surface area (Å²) in [7, 11) is 0. The van der Waals surface area contributed by atoms with Gasteiger partial charge < -0.3 is 9.87 Å². The van der Waals surface area contributed by atoms with Gasteiger partial charge in [-0.2, -0.15) is 0 Å². The van der Waals surface area contributed by atoms with Crippen LogP contribution in [0, 0.1) is 5.82 Å². The third kappa shape index (κ3) is 4.42. The van der Waals surface area contributed by atoms with Crippen molar-refractivity contribution in [2.24, 2.45) is 0 Å². The standard InChI is InChI=1S/C16H25FN2OS/c1-11(19-21(20)16(2,3)4)14-8-9-15(18-14)12-6-5-7-13(17)10-12/h5-7,10-11,14-15,18-19H,8-9H2,1-4H3/t11?,14-,15+,21?/m1/s1. The molecule has 0 radical (unpaired) electrons. The van der Waals surface area contributed by atoms with Gasteiger partial charge in [0.1, 0.15) is 10.6 Å². The molecule has 1 aliphatic heterocycles. The molecule has 2 rings (SSSR count). The Bertz CT molecular complexity index is 478. The summed E-state index contributed by atoms with van der Waals surface area (Å²) in [5.41, 5.74) is 0.988. The molecule has 21 heavy (non-hydrogen) atoms. The minimum Gasteiger partial charge on any atom is -0.598 e. The number of benzene rings is 1. The molecule has 0 saturated carbocycles. The highest BCUT2D eigenvalue weighted by Crippen LogP contribution is 2.28. The van der Waals surface area contributed by atoms with Crippen molar-refractivity contribution in [1.29, 1.82) is 0 Å². The molecule has 1 aliphatic rings. The van der Waals surface area contributed by atoms with E-state index in [1.165, 1.54) is 6.07 Å². The minimum absolute atomic E-state index is 0.114. The lowest BCUT2D eigenvalue weighted by atomic mass is 10.0. The molecule has 1 saturated heterocycles. The van der Waals surface area contributed by atoms with Crippen molar-refractivity contribution >= 4 is 11.4 Å². The summed E-state index contributed by atoms with van der Waals surface area (Å²) >= 11 is -1.07. The summed E-state index contributed by atoms with van der Waals surface area (Å²) in [5, 5.41) is 3.53. The van der Waals surface area contributed by atoms with Gasteiger partial charge in [0, 0.05) is 23.4 Å². The lowest BCUT2D eigenvalue weighted by Crippen LogP contribution is -2.50. The van der Waals surface area contributed by atoms with Crippen LogP contribution >= 0.6 is 0 Å². The van der Waals surface area contributed by atoms with Crippen molar-refractivity contribution in [3.05, 3.63) is 35.6 Å². The molecule has 1 fully saturated rings. The molecule has 0 spiro atoms. The first-order valence-electron chi connectivity index (χ1n) is 7.47. The van der Waals surface area contributed by atoms with E-state index < -0.39 is 11.4 Å². The summed E-state index contributed by atoms with van der Waals surface area (Å²) in [5.74, 6) is -0.197. The van der Waals surface area contributed by atoms with Gasteiger partial charge in [-0.3, -0.25) is 0 Å². The van der Waals surface area contributed by atoms with E-state index in [4.69, 9.17) is 0 Å². The van der Waals surface area contributed by atoms with Crippen molar-refractivity contribution in [1.82, 2.24) is 10.0 Å². The Balaban J connectivity index is 1.93. The molecule has 0 amide bonds. The molecular formula is C16H25FN2OS. The van der Waals surface area contributed by atoms with Crippen LogP contribution in [-0.4, -0.2) is 21.4 Å². The van der Waals surface area contributed by atoms with Gasteiger partial charge >= 0.3 is 0 Å². The molecule has 0 bridgehead atoms. The van der Waals surface area contributed by atoms with Crippen molar-refractivity contribution in [2.75, 3.05) is 0 Å². The second-order valence-corrected chi connectivity index (χ2v) is 8.74. The maximum Gasteiger partial charge on any atom is 0.136 e. The lowest BCUT2D eigenvalue weighted by molar-refractivity contribution is 0.444. The summed E-state index contributed by atoms with van der Waals surface area (Å²) in [6.45, 7) is 7.93. The highest BCUT2D eigenvalue weighted by molar-refractivity contribution is 7.90. The van der Waals surface area contributed by atoms with Crippen molar-refractivity contribution < 1.29 is 8.94 Å². The molecule has 0 aliphatic carbocycles. The number of nitrogens with one attached hydrogen (secondary N) is 2. The van der Waals surface area contributed by atoms with E-state index in [1.807, 2.05) is 26.8 Å². The predicted molar refractivity (Wildman–Crippen MR) is 85.8 cm³/mol. The topological polar surface area (TPSA) is 47.1 Å². The normalized spacial score (nSPS) is 25.8. The summed E-state index contributed by atoms with van der Waals surface area (Å²) in [6, 6.07) is 7.30. The first-order chi connectivity index (χ1) is 9.77. The molecular weight excluding hydrogens is 287 g/mol. The molecule has 4 atom stereocenters. The molecule has 5 heteroatoms. The maximum atomic E-state index is 13.3. The zero-order valence-corrected chi connectivity index (χ0v) is 14.0. The van der Waals surface area contributed by atoms with E-state index in [0.717, 1.165) is 18.4 Å². The Hall–Kier alpha value is -0.620. The molecule has 1 aromatic carbocycles. The van der Waals surface area contributed by atoms with Gasteiger partial charge in [-0.25, -0.2) is 4.39 Å². The highest BCUT2D eigenvalue weighted by atomic mass is 32.2. The fraction of sp³-hybridized carbons (Fsp3) is 0.625. The quantitative estimate of drug-likeness (QED) is 0.840. The molecule has 3 nitrogen and oxygen atoms in total. The van der Waals surface area contributed by atoms with E-state index in [2.05, 4.69) is 17.0 Å². The van der Waals surface area contributed by atoms with Gasteiger partial charge in [-0.1, -0.05) is 12.1 Å². The van der Waals surface area contributed by atoms with Crippen molar-refractivity contribution in [3.63, 3.8) is 0 Å². The van der Waals surface area contributed by atoms with Crippen LogP contribution in [-0.2, 0) is 11.4 Å². The van der Waals surface area contributed by atoms with Crippen LogP contribution in [0.15, 0.2) is 24.3 Å². The molecule has 1 aromatic rings. The molecule has 2 unspecified atom stereocenters. The fourth-order valence-corrected chi connectivity index (χ4v) is 3.44. The highest BCUT2D eigenvalue weighted by Gasteiger charge is 2.34. The largest absolute Gasteiger partial charge is 0.598 e. The molecule has 2 N–H and O–H groups in total. The number of hydrogen-bond donors (Lipinski definition) is 2. The van der Waals surface area contributed by atoms with Gasteiger partial charge in [-0.15, -0.1) is 4.72 Å². The van der Waals surface area contributed by atoms with Crippen molar-refractivity contribution in [2.45, 2.75) is 63.4 Å². The van der Waals surface area contributed by atoms with E-state index in [0.29, 0.717) is 0 Å². The van der Waals surface area contributed by atoms with Gasteiger partial charge in [-0.05, 0) is 58.2 Å². The van der Waals surface area contributed by atoms with Crippen LogP contribution in [0.5, 0.6) is 0 Å². The molecule has 0 aromatic heterocycles. The van der Waals surface area contributed by atoms with Gasteiger partial charge in [0.2, 0.25) is 0 Å². The summed E-state index contributed by atoms with van der Waals surface area (Å²) in [4.78, 5) is 0. The van der Waals surface area contributed by atoms with Crippen molar-refractivity contribution in [3.8, 4) is 0 Å². The van der Waals surface area contributed by atoms with Crippen LogP contribution in [0.25, 0.3) is 0 Å². The third-order valence-corrected chi connectivity index (χ3v) is 5.58. The number of rotatable bonds is 4. The Morgan fingerprint density at radius 2 is 2.10 bits per heavy atom. The average Bonchev–Trinajstić information content (AvgIpc) is 2.87. The van der Waals surface area contributed by atoms with Crippen LogP contribution in [0.1, 0.15) is 52.1 Å². The molecule has 1 heterocycles. The van der Waals surface area contributed by atoms with E-state index >= 15 is 0 Å². The Labute approximate surface area is 130 Å². The monoisotopic (exact) mass is 312 g/mol. The van der Waals surface area contributed by atoms with Crippen LogP contribution in [0.2, 0.25) is 0 Å². The van der Waals surface area contributed by atoms with Crippen LogP contribution in [0.4, 0.5) is 4.39 Å².